The topological polar surface area (TPSA) is 38.0 Å². The molecule has 1 aromatic carbocycles. The highest BCUT2D eigenvalue weighted by Gasteiger charge is 2.32. The van der Waals surface area contributed by atoms with Gasteiger partial charge in [0.15, 0.2) is 6.04 Å². The van der Waals surface area contributed by atoms with Crippen molar-refractivity contribution in [3.8, 4) is 0 Å². The summed E-state index contributed by atoms with van der Waals surface area (Å²) in [5.74, 6) is -0.161. The average Bonchev–Trinajstić information content (AvgIpc) is 3.14. The number of thiophene rings is 1. The van der Waals surface area contributed by atoms with Crippen molar-refractivity contribution in [3.05, 3.63) is 52.2 Å². The Labute approximate surface area is 160 Å². The number of carbonyl (C=O) groups is 1. The van der Waals surface area contributed by atoms with Crippen LogP contribution in [-0.4, -0.2) is 38.1 Å². The van der Waals surface area contributed by atoms with Crippen LogP contribution in [-0.2, 0) is 17.5 Å². The van der Waals surface area contributed by atoms with Gasteiger partial charge in [0, 0.05) is 5.69 Å². The van der Waals surface area contributed by atoms with Crippen LogP contribution in [0, 0.1) is 0 Å². The molecule has 2 aromatic rings. The van der Waals surface area contributed by atoms with Crippen LogP contribution in [0.5, 0.6) is 0 Å². The van der Waals surface area contributed by atoms with E-state index in [1.54, 1.807) is 11.3 Å². The highest BCUT2D eigenvalue weighted by atomic mass is 32.1. The van der Waals surface area contributed by atoms with E-state index in [4.69, 9.17) is 0 Å². The lowest BCUT2D eigenvalue weighted by molar-refractivity contribution is -1.02. The highest BCUT2D eigenvalue weighted by molar-refractivity contribution is 7.09. The van der Waals surface area contributed by atoms with Crippen molar-refractivity contribution in [1.29, 1.82) is 0 Å². The first-order chi connectivity index (χ1) is 12.8. The van der Waals surface area contributed by atoms with Gasteiger partial charge in [0.1, 0.15) is 32.7 Å². The van der Waals surface area contributed by atoms with Gasteiger partial charge in [-0.05, 0) is 42.6 Å². The molecule has 8 heteroatoms. The van der Waals surface area contributed by atoms with E-state index < -0.39 is 11.7 Å². The van der Waals surface area contributed by atoms with Gasteiger partial charge in [-0.3, -0.25) is 4.79 Å². The molecule has 3 N–H and O–H groups in total. The maximum Gasteiger partial charge on any atom is 0.416 e. The van der Waals surface area contributed by atoms with E-state index >= 15 is 0 Å². The Bertz CT molecular complexity index is 739. The van der Waals surface area contributed by atoms with E-state index in [1.165, 1.54) is 26.8 Å². The minimum Gasteiger partial charge on any atom is -0.321 e. The van der Waals surface area contributed by atoms with Crippen molar-refractivity contribution in [1.82, 2.24) is 0 Å². The SMILES string of the molecule is C[C@H](C(=O)Nc1ccc(C(F)(F)F)cc1)[NH+]1CC[NH+](Cc2cccs2)CC1. The zero-order chi connectivity index (χ0) is 19.4. The third-order valence-electron chi connectivity index (χ3n) is 5.09. The van der Waals surface area contributed by atoms with E-state index in [1.807, 2.05) is 6.92 Å². The minimum absolute atomic E-state index is 0.161. The fourth-order valence-electron chi connectivity index (χ4n) is 3.37. The molecular weight excluding hydrogens is 375 g/mol. The molecule has 0 aliphatic carbocycles. The van der Waals surface area contributed by atoms with Gasteiger partial charge >= 0.3 is 6.18 Å². The summed E-state index contributed by atoms with van der Waals surface area (Å²) < 4.78 is 37.8. The fourth-order valence-corrected chi connectivity index (χ4v) is 4.15. The number of hydrogen-bond acceptors (Lipinski definition) is 2. The van der Waals surface area contributed by atoms with E-state index in [2.05, 4.69) is 22.8 Å². The summed E-state index contributed by atoms with van der Waals surface area (Å²) in [7, 11) is 0. The Morgan fingerprint density at radius 1 is 1.15 bits per heavy atom. The van der Waals surface area contributed by atoms with Gasteiger partial charge < -0.3 is 15.1 Å². The number of alkyl halides is 3. The number of amides is 1. The zero-order valence-corrected chi connectivity index (χ0v) is 15.9. The highest BCUT2D eigenvalue weighted by Crippen LogP contribution is 2.29. The van der Waals surface area contributed by atoms with Crippen molar-refractivity contribution in [3.63, 3.8) is 0 Å². The number of nitrogens with one attached hydrogen (secondary N) is 3. The van der Waals surface area contributed by atoms with E-state index in [-0.39, 0.29) is 11.9 Å². The summed E-state index contributed by atoms with van der Waals surface area (Å²) in [4.78, 5) is 16.6. The standard InChI is InChI=1S/C19H22F3N3OS/c1-14(18(26)23-16-6-4-15(5-7-16)19(20,21)22)25-10-8-24(9-11-25)13-17-3-2-12-27-17/h2-7,12,14H,8-11,13H2,1H3,(H,23,26)/p+2/t14-/m1/s1. The number of piperazine rings is 1. The molecule has 1 aliphatic heterocycles. The number of benzene rings is 1. The molecule has 1 amide bonds. The molecule has 4 nitrogen and oxygen atoms in total. The predicted molar refractivity (Wildman–Crippen MR) is 99.0 cm³/mol. The Balaban J connectivity index is 1.49. The molecule has 27 heavy (non-hydrogen) atoms. The number of carbonyl (C=O) groups excluding carboxylic acids is 1. The third kappa shape index (κ3) is 5.31. The molecule has 146 valence electrons. The van der Waals surface area contributed by atoms with Crippen molar-refractivity contribution >= 4 is 22.9 Å². The van der Waals surface area contributed by atoms with Gasteiger partial charge in [0.2, 0.25) is 0 Å². The van der Waals surface area contributed by atoms with Crippen molar-refractivity contribution < 1.29 is 27.8 Å². The monoisotopic (exact) mass is 399 g/mol. The predicted octanol–water partition coefficient (Wildman–Crippen LogP) is 1.08. The van der Waals surface area contributed by atoms with E-state index in [0.29, 0.717) is 5.69 Å². The minimum atomic E-state index is -4.37. The summed E-state index contributed by atoms with van der Waals surface area (Å²) in [6.45, 7) is 6.72. The van der Waals surface area contributed by atoms with Gasteiger partial charge in [-0.1, -0.05) is 6.07 Å². The van der Waals surface area contributed by atoms with Gasteiger partial charge in [-0.25, -0.2) is 0 Å². The molecule has 0 spiro atoms. The number of rotatable bonds is 5. The molecule has 0 unspecified atom stereocenters. The normalized spacial score (nSPS) is 21.6. The molecule has 3 rings (SSSR count). The summed E-state index contributed by atoms with van der Waals surface area (Å²) >= 11 is 1.77. The smallest absolute Gasteiger partial charge is 0.321 e. The van der Waals surface area contributed by atoms with Gasteiger partial charge in [0.25, 0.3) is 5.91 Å². The summed E-state index contributed by atoms with van der Waals surface area (Å²) in [5, 5.41) is 4.82. The Morgan fingerprint density at radius 3 is 2.37 bits per heavy atom. The first kappa shape index (κ1) is 19.9. The van der Waals surface area contributed by atoms with Crippen LogP contribution in [0.2, 0.25) is 0 Å². The maximum absolute atomic E-state index is 12.6. The molecule has 1 aliphatic rings. The van der Waals surface area contributed by atoms with Gasteiger partial charge in [0.05, 0.1) is 10.4 Å². The van der Waals surface area contributed by atoms with Crippen molar-refractivity contribution in [2.75, 3.05) is 31.5 Å². The Hall–Kier alpha value is -1.90. The molecular formula is C19H24F3N3OS+2. The molecule has 1 atom stereocenters. The number of quaternary nitrogens is 2. The van der Waals surface area contributed by atoms with Crippen LogP contribution >= 0.6 is 11.3 Å². The zero-order valence-electron chi connectivity index (χ0n) is 15.1. The van der Waals surface area contributed by atoms with E-state index in [0.717, 1.165) is 44.9 Å². The largest absolute Gasteiger partial charge is 0.416 e. The van der Waals surface area contributed by atoms with Crippen LogP contribution in [0.25, 0.3) is 0 Å². The fraction of sp³-hybridized carbons (Fsp3) is 0.421. The van der Waals surface area contributed by atoms with Crippen LogP contribution in [0.1, 0.15) is 17.4 Å². The first-order valence-corrected chi connectivity index (χ1v) is 9.89. The second kappa shape index (κ2) is 8.41. The molecule has 0 saturated carbocycles. The lowest BCUT2D eigenvalue weighted by Crippen LogP contribution is -3.29. The summed E-state index contributed by atoms with van der Waals surface area (Å²) in [5.41, 5.74) is -0.329. The number of anilines is 1. The van der Waals surface area contributed by atoms with Crippen LogP contribution in [0.3, 0.4) is 0 Å². The van der Waals surface area contributed by atoms with Gasteiger partial charge in [-0.15, -0.1) is 11.3 Å². The van der Waals surface area contributed by atoms with E-state index in [9.17, 15) is 18.0 Å². The van der Waals surface area contributed by atoms with Crippen LogP contribution in [0.4, 0.5) is 18.9 Å². The molecule has 1 fully saturated rings. The van der Waals surface area contributed by atoms with Crippen molar-refractivity contribution in [2.24, 2.45) is 0 Å². The second-order valence-corrected chi connectivity index (χ2v) is 7.98. The third-order valence-corrected chi connectivity index (χ3v) is 5.97. The molecule has 0 radical (unpaired) electrons. The molecule has 1 aromatic heterocycles. The number of hydrogen-bond donors (Lipinski definition) is 3. The van der Waals surface area contributed by atoms with Crippen LogP contribution < -0.4 is 15.1 Å². The summed E-state index contributed by atoms with van der Waals surface area (Å²) in [6.07, 6.45) is -4.37. The first-order valence-electron chi connectivity index (χ1n) is 9.01. The Morgan fingerprint density at radius 2 is 1.81 bits per heavy atom. The quantitative estimate of drug-likeness (QED) is 0.692. The molecule has 0 bridgehead atoms. The summed E-state index contributed by atoms with van der Waals surface area (Å²) in [6, 6.07) is 8.54. The lowest BCUT2D eigenvalue weighted by atomic mass is 10.1. The lowest BCUT2D eigenvalue weighted by Gasteiger charge is -2.32. The van der Waals surface area contributed by atoms with Crippen LogP contribution in [0.15, 0.2) is 41.8 Å². The van der Waals surface area contributed by atoms with Crippen molar-refractivity contribution in [2.45, 2.75) is 25.7 Å². The van der Waals surface area contributed by atoms with Gasteiger partial charge in [-0.2, -0.15) is 13.2 Å². The average molecular weight is 399 g/mol. The number of halogens is 3. The molecule has 2 heterocycles. The second-order valence-electron chi connectivity index (χ2n) is 6.95. The maximum atomic E-state index is 12.6. The molecule has 1 saturated heterocycles. The Kier molecular flexibility index (Phi) is 6.18.